The summed E-state index contributed by atoms with van der Waals surface area (Å²) in [5.74, 6) is -1.01. The lowest BCUT2D eigenvalue weighted by Gasteiger charge is -2.09. The molecule has 114 valence electrons. The Morgan fingerprint density at radius 3 is 2.50 bits per heavy atom. The zero-order valence-electron chi connectivity index (χ0n) is 12.6. The summed E-state index contributed by atoms with van der Waals surface area (Å²) in [7, 11) is 0. The Hall–Kier alpha value is -2.82. The number of carbonyl (C=O) groups is 2. The summed E-state index contributed by atoms with van der Waals surface area (Å²) in [6.07, 6.45) is 0. The SMILES string of the molecule is Cc1ccc(NC(=O)COC(=O)c2ccccc2N)cc1C. The lowest BCUT2D eigenvalue weighted by molar-refractivity contribution is -0.119. The molecule has 0 unspecified atom stereocenters. The van der Waals surface area contributed by atoms with Crippen molar-refractivity contribution in [2.75, 3.05) is 17.7 Å². The maximum absolute atomic E-state index is 11.8. The van der Waals surface area contributed by atoms with Gasteiger partial charge in [0.15, 0.2) is 6.61 Å². The molecule has 5 heteroatoms. The van der Waals surface area contributed by atoms with Gasteiger partial charge in [0.1, 0.15) is 0 Å². The lowest BCUT2D eigenvalue weighted by atomic mass is 10.1. The highest BCUT2D eigenvalue weighted by molar-refractivity contribution is 5.98. The van der Waals surface area contributed by atoms with Crippen molar-refractivity contribution in [1.29, 1.82) is 0 Å². The van der Waals surface area contributed by atoms with Crippen molar-refractivity contribution in [2.24, 2.45) is 0 Å². The van der Waals surface area contributed by atoms with E-state index >= 15 is 0 Å². The van der Waals surface area contributed by atoms with Crippen molar-refractivity contribution >= 4 is 23.3 Å². The molecule has 0 atom stereocenters. The van der Waals surface area contributed by atoms with E-state index in [-0.39, 0.29) is 12.2 Å². The number of aryl methyl sites for hydroxylation is 2. The molecule has 5 nitrogen and oxygen atoms in total. The van der Waals surface area contributed by atoms with Crippen LogP contribution in [0, 0.1) is 13.8 Å². The summed E-state index contributed by atoms with van der Waals surface area (Å²) in [6.45, 7) is 3.59. The van der Waals surface area contributed by atoms with E-state index in [1.54, 1.807) is 30.3 Å². The molecule has 0 aliphatic heterocycles. The molecule has 0 radical (unpaired) electrons. The molecule has 0 spiro atoms. The van der Waals surface area contributed by atoms with Gasteiger partial charge < -0.3 is 15.8 Å². The predicted octanol–water partition coefficient (Wildman–Crippen LogP) is 2.68. The van der Waals surface area contributed by atoms with Crippen LogP contribution in [0.4, 0.5) is 11.4 Å². The minimum absolute atomic E-state index is 0.251. The largest absolute Gasteiger partial charge is 0.452 e. The molecule has 0 aromatic heterocycles. The number of rotatable bonds is 4. The quantitative estimate of drug-likeness (QED) is 0.671. The van der Waals surface area contributed by atoms with E-state index in [0.29, 0.717) is 11.4 Å². The van der Waals surface area contributed by atoms with Crippen LogP contribution in [0.1, 0.15) is 21.5 Å². The van der Waals surface area contributed by atoms with Crippen molar-refractivity contribution in [3.8, 4) is 0 Å². The maximum atomic E-state index is 11.8. The molecule has 2 aromatic rings. The molecule has 2 aromatic carbocycles. The van der Waals surface area contributed by atoms with Gasteiger partial charge in [0.25, 0.3) is 5.91 Å². The number of ether oxygens (including phenoxy) is 1. The Balaban J connectivity index is 1.91. The number of para-hydroxylation sites is 1. The van der Waals surface area contributed by atoms with E-state index in [9.17, 15) is 9.59 Å². The summed E-state index contributed by atoms with van der Waals surface area (Å²) >= 11 is 0. The first-order chi connectivity index (χ1) is 10.5. The number of benzene rings is 2. The zero-order valence-corrected chi connectivity index (χ0v) is 12.6. The molecule has 0 bridgehead atoms. The van der Waals surface area contributed by atoms with Crippen LogP contribution in [0.25, 0.3) is 0 Å². The molecule has 2 rings (SSSR count). The summed E-state index contributed by atoms with van der Waals surface area (Å²) in [4.78, 5) is 23.6. The van der Waals surface area contributed by atoms with E-state index < -0.39 is 11.9 Å². The number of esters is 1. The second-order valence-corrected chi connectivity index (χ2v) is 5.01. The molecule has 3 N–H and O–H groups in total. The van der Waals surface area contributed by atoms with E-state index in [4.69, 9.17) is 10.5 Å². The Labute approximate surface area is 129 Å². The van der Waals surface area contributed by atoms with E-state index in [1.807, 2.05) is 26.0 Å². The van der Waals surface area contributed by atoms with Crippen LogP contribution in [0.5, 0.6) is 0 Å². The Morgan fingerprint density at radius 2 is 1.82 bits per heavy atom. The van der Waals surface area contributed by atoms with Crippen molar-refractivity contribution in [3.63, 3.8) is 0 Å². The highest BCUT2D eigenvalue weighted by Crippen LogP contribution is 2.14. The average molecular weight is 298 g/mol. The Bertz CT molecular complexity index is 711. The first kappa shape index (κ1) is 15.6. The zero-order chi connectivity index (χ0) is 16.1. The topological polar surface area (TPSA) is 81.4 Å². The second kappa shape index (κ2) is 6.76. The van der Waals surface area contributed by atoms with E-state index in [0.717, 1.165) is 11.1 Å². The Kier molecular flexibility index (Phi) is 4.78. The van der Waals surface area contributed by atoms with Crippen LogP contribution in [0.2, 0.25) is 0 Å². The van der Waals surface area contributed by atoms with Crippen LogP contribution in [0.15, 0.2) is 42.5 Å². The molecular weight excluding hydrogens is 280 g/mol. The van der Waals surface area contributed by atoms with Gasteiger partial charge in [-0.1, -0.05) is 18.2 Å². The fourth-order valence-corrected chi connectivity index (χ4v) is 1.91. The standard InChI is InChI=1S/C17H18N2O3/c1-11-7-8-13(9-12(11)2)19-16(20)10-22-17(21)14-5-3-4-6-15(14)18/h3-9H,10,18H2,1-2H3,(H,19,20). The van der Waals surface area contributed by atoms with Crippen molar-refractivity contribution in [2.45, 2.75) is 13.8 Å². The van der Waals surface area contributed by atoms with Gasteiger partial charge in [-0.05, 0) is 49.2 Å². The molecular formula is C17H18N2O3. The lowest BCUT2D eigenvalue weighted by Crippen LogP contribution is -2.21. The molecule has 0 saturated heterocycles. The molecule has 1 amide bonds. The number of nitrogens with one attached hydrogen (secondary N) is 1. The highest BCUT2D eigenvalue weighted by Gasteiger charge is 2.12. The first-order valence-electron chi connectivity index (χ1n) is 6.86. The third-order valence-corrected chi connectivity index (χ3v) is 3.31. The van der Waals surface area contributed by atoms with Gasteiger partial charge in [0.05, 0.1) is 5.56 Å². The predicted molar refractivity (Wildman–Crippen MR) is 85.7 cm³/mol. The second-order valence-electron chi connectivity index (χ2n) is 5.01. The van der Waals surface area contributed by atoms with E-state index in [1.165, 1.54) is 0 Å². The Morgan fingerprint density at radius 1 is 1.09 bits per heavy atom. The number of nitrogen functional groups attached to an aromatic ring is 1. The minimum Gasteiger partial charge on any atom is -0.452 e. The maximum Gasteiger partial charge on any atom is 0.340 e. The number of hydrogen-bond donors (Lipinski definition) is 2. The molecule has 0 aliphatic carbocycles. The molecule has 0 heterocycles. The minimum atomic E-state index is -0.617. The number of hydrogen-bond acceptors (Lipinski definition) is 4. The van der Waals surface area contributed by atoms with Gasteiger partial charge in [0, 0.05) is 11.4 Å². The summed E-state index contributed by atoms with van der Waals surface area (Å²) in [5, 5.41) is 2.68. The van der Waals surface area contributed by atoms with Crippen LogP contribution in [0.3, 0.4) is 0 Å². The van der Waals surface area contributed by atoms with Crippen molar-refractivity contribution in [3.05, 3.63) is 59.2 Å². The highest BCUT2D eigenvalue weighted by atomic mass is 16.5. The van der Waals surface area contributed by atoms with Crippen LogP contribution in [-0.2, 0) is 9.53 Å². The van der Waals surface area contributed by atoms with Gasteiger partial charge in [-0.2, -0.15) is 0 Å². The van der Waals surface area contributed by atoms with Gasteiger partial charge in [-0.25, -0.2) is 4.79 Å². The van der Waals surface area contributed by atoms with Crippen LogP contribution < -0.4 is 11.1 Å². The van der Waals surface area contributed by atoms with Crippen molar-refractivity contribution < 1.29 is 14.3 Å². The van der Waals surface area contributed by atoms with Gasteiger partial charge in [0.2, 0.25) is 0 Å². The monoisotopic (exact) mass is 298 g/mol. The van der Waals surface area contributed by atoms with Crippen LogP contribution >= 0.6 is 0 Å². The van der Waals surface area contributed by atoms with Crippen LogP contribution in [-0.4, -0.2) is 18.5 Å². The molecule has 0 aliphatic rings. The number of amides is 1. The molecule has 22 heavy (non-hydrogen) atoms. The average Bonchev–Trinajstić information content (AvgIpc) is 2.49. The summed E-state index contributed by atoms with van der Waals surface area (Å²) in [5.41, 5.74) is 9.14. The third kappa shape index (κ3) is 3.85. The van der Waals surface area contributed by atoms with E-state index in [2.05, 4.69) is 5.32 Å². The summed E-state index contributed by atoms with van der Waals surface area (Å²) in [6, 6.07) is 12.1. The molecule has 0 saturated carbocycles. The van der Waals surface area contributed by atoms with Gasteiger partial charge in [-0.15, -0.1) is 0 Å². The van der Waals surface area contributed by atoms with Gasteiger partial charge >= 0.3 is 5.97 Å². The smallest absolute Gasteiger partial charge is 0.340 e. The fraction of sp³-hybridized carbons (Fsp3) is 0.176. The first-order valence-corrected chi connectivity index (χ1v) is 6.86. The van der Waals surface area contributed by atoms with Crippen molar-refractivity contribution in [1.82, 2.24) is 0 Å². The number of anilines is 2. The number of nitrogens with two attached hydrogens (primary N) is 1. The summed E-state index contributed by atoms with van der Waals surface area (Å²) < 4.78 is 4.97. The fourth-order valence-electron chi connectivity index (χ4n) is 1.91. The number of carbonyl (C=O) groups excluding carboxylic acids is 2. The molecule has 0 fully saturated rings. The van der Waals surface area contributed by atoms with Gasteiger partial charge in [-0.3, -0.25) is 4.79 Å². The third-order valence-electron chi connectivity index (χ3n) is 3.31. The normalized spacial score (nSPS) is 10.1.